The number of sulfonamides is 1. The maximum absolute atomic E-state index is 12.2. The van der Waals surface area contributed by atoms with Gasteiger partial charge in [0.2, 0.25) is 10.0 Å². The van der Waals surface area contributed by atoms with Crippen molar-refractivity contribution in [2.24, 2.45) is 0 Å². The number of nitrogens with zero attached hydrogens (tertiary/aromatic N) is 1. The molecule has 0 aromatic heterocycles. The molecule has 0 rings (SSSR count). The largest absolute Gasteiger partial charge is 0.481 e. The highest BCUT2D eigenvalue weighted by molar-refractivity contribution is 7.89. The molecule has 0 aliphatic heterocycles. The van der Waals surface area contributed by atoms with Crippen LogP contribution in [0.5, 0.6) is 0 Å². The van der Waals surface area contributed by atoms with Crippen molar-refractivity contribution in [3.8, 4) is 0 Å². The van der Waals surface area contributed by atoms with Crippen LogP contribution < -0.4 is 0 Å². The van der Waals surface area contributed by atoms with E-state index in [9.17, 15) is 13.2 Å². The minimum atomic E-state index is -3.53. The van der Waals surface area contributed by atoms with Crippen molar-refractivity contribution in [2.45, 2.75) is 52.7 Å². The van der Waals surface area contributed by atoms with E-state index in [1.807, 2.05) is 13.8 Å². The SMILES string of the molecule is CC(C)OCCS(=O)(=O)N(CCC(=O)O)C(C)(C)C. The number of carboxylic acid groups (broad SMARTS) is 1. The van der Waals surface area contributed by atoms with Crippen molar-refractivity contribution in [1.82, 2.24) is 4.31 Å². The number of carboxylic acids is 1. The van der Waals surface area contributed by atoms with Crippen LogP contribution in [0.4, 0.5) is 0 Å². The van der Waals surface area contributed by atoms with Crippen molar-refractivity contribution in [1.29, 1.82) is 0 Å². The summed E-state index contributed by atoms with van der Waals surface area (Å²) in [6.45, 7) is 8.99. The highest BCUT2D eigenvalue weighted by Gasteiger charge is 2.32. The monoisotopic (exact) mass is 295 g/mol. The third-order valence-electron chi connectivity index (χ3n) is 2.41. The number of hydrogen-bond donors (Lipinski definition) is 1. The molecule has 0 spiro atoms. The van der Waals surface area contributed by atoms with Crippen LogP contribution in [-0.2, 0) is 19.6 Å². The predicted octanol–water partition coefficient (Wildman–Crippen LogP) is 1.32. The van der Waals surface area contributed by atoms with Crippen molar-refractivity contribution >= 4 is 16.0 Å². The summed E-state index contributed by atoms with van der Waals surface area (Å²) in [6.07, 6.45) is -0.237. The van der Waals surface area contributed by atoms with Gasteiger partial charge in [-0.15, -0.1) is 0 Å². The van der Waals surface area contributed by atoms with Crippen molar-refractivity contribution in [2.75, 3.05) is 18.9 Å². The van der Waals surface area contributed by atoms with Gasteiger partial charge in [-0.1, -0.05) is 0 Å². The van der Waals surface area contributed by atoms with E-state index < -0.39 is 21.5 Å². The molecule has 1 N–H and O–H groups in total. The first kappa shape index (κ1) is 18.3. The summed E-state index contributed by atoms with van der Waals surface area (Å²) in [4.78, 5) is 10.6. The Morgan fingerprint density at radius 1 is 1.32 bits per heavy atom. The molecular formula is C12H25NO5S. The molecule has 7 heteroatoms. The third kappa shape index (κ3) is 7.49. The lowest BCUT2D eigenvalue weighted by atomic mass is 10.1. The molecule has 0 aromatic carbocycles. The fourth-order valence-corrected chi connectivity index (χ4v) is 3.32. The first-order chi connectivity index (χ1) is 8.47. The minimum Gasteiger partial charge on any atom is -0.481 e. The van der Waals surface area contributed by atoms with E-state index in [0.29, 0.717) is 0 Å². The standard InChI is InChI=1S/C12H25NO5S/c1-10(2)18-8-9-19(16,17)13(12(3,4)5)7-6-11(14)15/h10H,6-9H2,1-5H3,(H,14,15). The van der Waals surface area contributed by atoms with Crippen LogP contribution in [0.3, 0.4) is 0 Å². The van der Waals surface area contributed by atoms with Crippen LogP contribution in [0.1, 0.15) is 41.0 Å². The fraction of sp³-hybridized carbons (Fsp3) is 0.917. The molecule has 0 atom stereocenters. The van der Waals surface area contributed by atoms with Gasteiger partial charge in [0.25, 0.3) is 0 Å². The molecule has 0 fully saturated rings. The molecule has 0 aliphatic rings. The normalized spacial score (nSPS) is 13.2. The van der Waals surface area contributed by atoms with Gasteiger partial charge in [0.05, 0.1) is 24.9 Å². The van der Waals surface area contributed by atoms with E-state index in [-0.39, 0.29) is 31.4 Å². The topological polar surface area (TPSA) is 83.9 Å². The Morgan fingerprint density at radius 3 is 2.21 bits per heavy atom. The predicted molar refractivity (Wildman–Crippen MR) is 73.6 cm³/mol. The van der Waals surface area contributed by atoms with Gasteiger partial charge in [-0.2, -0.15) is 4.31 Å². The van der Waals surface area contributed by atoms with Gasteiger partial charge < -0.3 is 9.84 Å². The number of aliphatic carboxylic acids is 1. The zero-order chi connectivity index (χ0) is 15.3. The van der Waals surface area contributed by atoms with E-state index >= 15 is 0 Å². The molecule has 6 nitrogen and oxygen atoms in total. The molecule has 0 aromatic rings. The van der Waals surface area contributed by atoms with E-state index in [4.69, 9.17) is 9.84 Å². The van der Waals surface area contributed by atoms with Crippen molar-refractivity contribution in [3.05, 3.63) is 0 Å². The molecule has 0 saturated heterocycles. The first-order valence-corrected chi connectivity index (χ1v) is 7.91. The summed E-state index contributed by atoms with van der Waals surface area (Å²) in [5.74, 6) is -1.15. The van der Waals surface area contributed by atoms with Gasteiger partial charge in [0.1, 0.15) is 0 Å². The molecule has 114 valence electrons. The Labute approximate surface area is 115 Å². The van der Waals surface area contributed by atoms with Crippen molar-refractivity contribution < 1.29 is 23.1 Å². The average Bonchev–Trinajstić information content (AvgIpc) is 2.12. The number of ether oxygens (including phenoxy) is 1. The number of hydrogen-bond acceptors (Lipinski definition) is 4. The molecule has 19 heavy (non-hydrogen) atoms. The van der Waals surface area contributed by atoms with Crippen LogP contribution in [0, 0.1) is 0 Å². The van der Waals surface area contributed by atoms with Crippen LogP contribution in [-0.4, -0.2) is 54.3 Å². The minimum absolute atomic E-state index is 0.0250. The zero-order valence-electron chi connectivity index (χ0n) is 12.3. The van der Waals surface area contributed by atoms with Gasteiger partial charge in [-0.3, -0.25) is 4.79 Å². The Hall–Kier alpha value is -0.660. The second-order valence-electron chi connectivity index (χ2n) is 5.62. The van der Waals surface area contributed by atoms with Gasteiger partial charge >= 0.3 is 5.97 Å². The quantitative estimate of drug-likeness (QED) is 0.730. The van der Waals surface area contributed by atoms with E-state index in [2.05, 4.69) is 0 Å². The molecule has 0 amide bonds. The van der Waals surface area contributed by atoms with Gasteiger partial charge in [0.15, 0.2) is 0 Å². The molecule has 0 bridgehead atoms. The summed E-state index contributed by atoms with van der Waals surface area (Å²) in [5.41, 5.74) is -0.647. The second-order valence-corrected chi connectivity index (χ2v) is 7.64. The lowest BCUT2D eigenvalue weighted by Gasteiger charge is -2.34. The van der Waals surface area contributed by atoms with Gasteiger partial charge in [0, 0.05) is 12.1 Å². The Balaban J connectivity index is 4.78. The highest BCUT2D eigenvalue weighted by atomic mass is 32.2. The average molecular weight is 295 g/mol. The summed E-state index contributed by atoms with van der Waals surface area (Å²) < 4.78 is 30.9. The first-order valence-electron chi connectivity index (χ1n) is 6.30. The Bertz CT molecular complexity index is 383. The lowest BCUT2D eigenvalue weighted by Crippen LogP contribution is -2.48. The molecule has 0 aliphatic carbocycles. The van der Waals surface area contributed by atoms with E-state index in [1.165, 1.54) is 4.31 Å². The maximum Gasteiger partial charge on any atom is 0.304 e. The van der Waals surface area contributed by atoms with E-state index in [0.717, 1.165) is 0 Å². The maximum atomic E-state index is 12.2. The summed E-state index contributed by atoms with van der Waals surface area (Å²) in [5, 5.41) is 8.70. The van der Waals surface area contributed by atoms with E-state index in [1.54, 1.807) is 20.8 Å². The lowest BCUT2D eigenvalue weighted by molar-refractivity contribution is -0.137. The Morgan fingerprint density at radius 2 is 1.84 bits per heavy atom. The summed E-state index contributed by atoms with van der Waals surface area (Å²) >= 11 is 0. The molecular weight excluding hydrogens is 270 g/mol. The molecule has 0 heterocycles. The van der Waals surface area contributed by atoms with Crippen LogP contribution in [0.15, 0.2) is 0 Å². The van der Waals surface area contributed by atoms with Crippen molar-refractivity contribution in [3.63, 3.8) is 0 Å². The number of rotatable bonds is 8. The van der Waals surface area contributed by atoms with Gasteiger partial charge in [-0.05, 0) is 34.6 Å². The van der Waals surface area contributed by atoms with Crippen LogP contribution >= 0.6 is 0 Å². The van der Waals surface area contributed by atoms with Crippen LogP contribution in [0.25, 0.3) is 0 Å². The van der Waals surface area contributed by atoms with Gasteiger partial charge in [-0.25, -0.2) is 8.42 Å². The second kappa shape index (κ2) is 7.21. The smallest absolute Gasteiger partial charge is 0.304 e. The summed E-state index contributed by atoms with van der Waals surface area (Å²) in [7, 11) is -3.53. The molecule has 0 radical (unpaired) electrons. The summed E-state index contributed by atoms with van der Waals surface area (Å²) in [6, 6.07) is 0. The molecule has 0 saturated carbocycles. The zero-order valence-corrected chi connectivity index (χ0v) is 13.2. The highest BCUT2D eigenvalue weighted by Crippen LogP contribution is 2.19. The number of carbonyl (C=O) groups is 1. The fourth-order valence-electron chi connectivity index (χ4n) is 1.59. The molecule has 0 unspecified atom stereocenters. The Kier molecular flexibility index (Phi) is 6.96. The third-order valence-corrected chi connectivity index (χ3v) is 4.49. The van der Waals surface area contributed by atoms with Crippen LogP contribution in [0.2, 0.25) is 0 Å².